The molecule has 0 aromatic carbocycles. The van der Waals surface area contributed by atoms with Crippen LogP contribution in [0.3, 0.4) is 0 Å². The summed E-state index contributed by atoms with van der Waals surface area (Å²) in [6.07, 6.45) is 7.45. The first-order chi connectivity index (χ1) is 6.90. The highest BCUT2D eigenvalue weighted by Gasteiger charge is 2.17. The largest absolute Gasteiger partial charge is 0.396 e. The Bertz CT molecular complexity index is 279. The van der Waals surface area contributed by atoms with Crippen molar-refractivity contribution >= 4 is 11.3 Å². The van der Waals surface area contributed by atoms with Gasteiger partial charge in [0.05, 0.1) is 10.7 Å². The van der Waals surface area contributed by atoms with Gasteiger partial charge < -0.3 is 5.11 Å². The molecule has 0 amide bonds. The first kappa shape index (κ1) is 10.1. The van der Waals surface area contributed by atoms with Crippen LogP contribution in [0.5, 0.6) is 0 Å². The maximum Gasteiger partial charge on any atom is 0.0951 e. The minimum Gasteiger partial charge on any atom is -0.396 e. The Labute approximate surface area is 89.0 Å². The summed E-state index contributed by atoms with van der Waals surface area (Å²) in [7, 11) is 0. The third kappa shape index (κ3) is 2.34. The Morgan fingerprint density at radius 2 is 2.14 bits per heavy atom. The Balaban J connectivity index is 2.00. The number of aliphatic hydroxyl groups excluding tert-OH is 1. The molecule has 1 aliphatic carbocycles. The molecular formula is C11H17NOS. The molecule has 0 spiro atoms. The SMILES string of the molecule is OCCc1nc(C2CCCCC2)cs1. The Morgan fingerprint density at radius 3 is 2.86 bits per heavy atom. The van der Waals surface area contributed by atoms with Crippen molar-refractivity contribution in [1.82, 2.24) is 4.98 Å². The van der Waals surface area contributed by atoms with Crippen LogP contribution in [0.15, 0.2) is 5.38 Å². The van der Waals surface area contributed by atoms with E-state index in [9.17, 15) is 0 Å². The molecule has 0 unspecified atom stereocenters. The smallest absolute Gasteiger partial charge is 0.0951 e. The van der Waals surface area contributed by atoms with E-state index in [4.69, 9.17) is 5.11 Å². The summed E-state index contributed by atoms with van der Waals surface area (Å²) in [4.78, 5) is 4.58. The van der Waals surface area contributed by atoms with Crippen LogP contribution in [-0.4, -0.2) is 16.7 Å². The summed E-state index contributed by atoms with van der Waals surface area (Å²) < 4.78 is 0. The minimum atomic E-state index is 0.220. The third-order valence-corrected chi connectivity index (χ3v) is 3.85. The molecular weight excluding hydrogens is 194 g/mol. The van der Waals surface area contributed by atoms with Gasteiger partial charge in [-0.15, -0.1) is 11.3 Å². The highest BCUT2D eigenvalue weighted by atomic mass is 32.1. The zero-order chi connectivity index (χ0) is 9.80. The zero-order valence-corrected chi connectivity index (χ0v) is 9.22. The maximum atomic E-state index is 8.81. The lowest BCUT2D eigenvalue weighted by atomic mass is 9.87. The van der Waals surface area contributed by atoms with Gasteiger partial charge in [0.15, 0.2) is 0 Å². The Hall–Kier alpha value is -0.410. The number of hydrogen-bond donors (Lipinski definition) is 1. The van der Waals surface area contributed by atoms with Gasteiger partial charge in [0, 0.05) is 24.3 Å². The van der Waals surface area contributed by atoms with Gasteiger partial charge in [-0.05, 0) is 12.8 Å². The van der Waals surface area contributed by atoms with E-state index in [0.717, 1.165) is 11.4 Å². The molecule has 0 bridgehead atoms. The van der Waals surface area contributed by atoms with Gasteiger partial charge >= 0.3 is 0 Å². The number of hydrogen-bond acceptors (Lipinski definition) is 3. The standard InChI is InChI=1S/C11H17NOS/c13-7-6-11-12-10(8-14-11)9-4-2-1-3-5-9/h8-9,13H,1-7H2. The van der Waals surface area contributed by atoms with Crippen molar-refractivity contribution in [1.29, 1.82) is 0 Å². The lowest BCUT2D eigenvalue weighted by Crippen LogP contribution is -2.05. The molecule has 0 aliphatic heterocycles. The lowest BCUT2D eigenvalue weighted by molar-refractivity contribution is 0.299. The molecule has 0 saturated heterocycles. The maximum absolute atomic E-state index is 8.81. The van der Waals surface area contributed by atoms with Crippen LogP contribution < -0.4 is 0 Å². The van der Waals surface area contributed by atoms with Crippen molar-refractivity contribution in [3.05, 3.63) is 16.1 Å². The molecule has 1 aromatic rings. The summed E-state index contributed by atoms with van der Waals surface area (Å²) in [5, 5.41) is 12.1. The van der Waals surface area contributed by atoms with E-state index in [2.05, 4.69) is 10.4 Å². The van der Waals surface area contributed by atoms with Crippen molar-refractivity contribution in [3.8, 4) is 0 Å². The average Bonchev–Trinajstić information content (AvgIpc) is 2.68. The van der Waals surface area contributed by atoms with E-state index in [1.165, 1.54) is 37.8 Å². The van der Waals surface area contributed by atoms with Crippen LogP contribution >= 0.6 is 11.3 Å². The summed E-state index contributed by atoms with van der Waals surface area (Å²) >= 11 is 1.70. The molecule has 0 atom stereocenters. The third-order valence-electron chi connectivity index (χ3n) is 2.92. The number of aromatic nitrogens is 1. The number of nitrogens with zero attached hydrogens (tertiary/aromatic N) is 1. The van der Waals surface area contributed by atoms with Gasteiger partial charge in [-0.2, -0.15) is 0 Å². The van der Waals surface area contributed by atoms with Crippen LogP contribution in [0.4, 0.5) is 0 Å². The van der Waals surface area contributed by atoms with Crippen molar-refractivity contribution in [2.24, 2.45) is 0 Å². The van der Waals surface area contributed by atoms with Gasteiger partial charge in [0.2, 0.25) is 0 Å². The number of aliphatic hydroxyl groups is 1. The topological polar surface area (TPSA) is 33.1 Å². The first-order valence-electron chi connectivity index (χ1n) is 5.45. The molecule has 1 heterocycles. The van der Waals surface area contributed by atoms with E-state index in [-0.39, 0.29) is 6.61 Å². The predicted octanol–water partition coefficient (Wildman–Crippen LogP) is 2.73. The second kappa shape index (κ2) is 4.89. The monoisotopic (exact) mass is 211 g/mol. The van der Waals surface area contributed by atoms with Crippen molar-refractivity contribution in [2.45, 2.75) is 44.4 Å². The second-order valence-corrected chi connectivity index (χ2v) is 4.92. The fourth-order valence-electron chi connectivity index (χ4n) is 2.12. The molecule has 2 rings (SSSR count). The van der Waals surface area contributed by atoms with Gasteiger partial charge in [-0.25, -0.2) is 4.98 Å². The van der Waals surface area contributed by atoms with E-state index in [1.54, 1.807) is 11.3 Å². The Kier molecular flexibility index (Phi) is 3.54. The molecule has 1 aromatic heterocycles. The van der Waals surface area contributed by atoms with Crippen LogP contribution in [0.25, 0.3) is 0 Å². The van der Waals surface area contributed by atoms with Crippen molar-refractivity contribution in [3.63, 3.8) is 0 Å². The average molecular weight is 211 g/mol. The summed E-state index contributed by atoms with van der Waals surface area (Å²) in [6.45, 7) is 0.220. The molecule has 78 valence electrons. The molecule has 0 radical (unpaired) electrons. The van der Waals surface area contributed by atoms with Gasteiger partial charge in [-0.3, -0.25) is 0 Å². The number of thiazole rings is 1. The molecule has 1 fully saturated rings. The summed E-state index contributed by atoms with van der Waals surface area (Å²) in [5.41, 5.74) is 1.28. The molecule has 1 saturated carbocycles. The summed E-state index contributed by atoms with van der Waals surface area (Å²) in [5.74, 6) is 0.701. The van der Waals surface area contributed by atoms with Crippen LogP contribution in [0.1, 0.15) is 48.7 Å². The summed E-state index contributed by atoms with van der Waals surface area (Å²) in [6, 6.07) is 0. The van der Waals surface area contributed by atoms with Gasteiger partial charge in [-0.1, -0.05) is 19.3 Å². The van der Waals surface area contributed by atoms with Crippen LogP contribution in [0.2, 0.25) is 0 Å². The van der Waals surface area contributed by atoms with E-state index < -0.39 is 0 Å². The predicted molar refractivity (Wildman–Crippen MR) is 58.7 cm³/mol. The van der Waals surface area contributed by atoms with Crippen molar-refractivity contribution in [2.75, 3.05) is 6.61 Å². The molecule has 1 N–H and O–H groups in total. The van der Waals surface area contributed by atoms with E-state index >= 15 is 0 Å². The quantitative estimate of drug-likeness (QED) is 0.834. The molecule has 14 heavy (non-hydrogen) atoms. The number of rotatable bonds is 3. The first-order valence-corrected chi connectivity index (χ1v) is 6.33. The van der Waals surface area contributed by atoms with Crippen LogP contribution in [0, 0.1) is 0 Å². The fraction of sp³-hybridized carbons (Fsp3) is 0.727. The van der Waals surface area contributed by atoms with E-state index in [0.29, 0.717) is 5.92 Å². The molecule has 1 aliphatic rings. The second-order valence-electron chi connectivity index (χ2n) is 3.97. The van der Waals surface area contributed by atoms with Gasteiger partial charge in [0.1, 0.15) is 0 Å². The lowest BCUT2D eigenvalue weighted by Gasteiger charge is -2.19. The van der Waals surface area contributed by atoms with Crippen molar-refractivity contribution < 1.29 is 5.11 Å². The highest BCUT2D eigenvalue weighted by Crippen LogP contribution is 2.32. The normalized spacial score (nSPS) is 18.6. The molecule has 3 heteroatoms. The van der Waals surface area contributed by atoms with Crippen LogP contribution in [-0.2, 0) is 6.42 Å². The Morgan fingerprint density at radius 1 is 1.36 bits per heavy atom. The zero-order valence-electron chi connectivity index (χ0n) is 8.41. The molecule has 2 nitrogen and oxygen atoms in total. The highest BCUT2D eigenvalue weighted by molar-refractivity contribution is 7.09. The fourth-order valence-corrected chi connectivity index (χ4v) is 2.99. The van der Waals surface area contributed by atoms with E-state index in [1.807, 2.05) is 0 Å². The van der Waals surface area contributed by atoms with Gasteiger partial charge in [0.25, 0.3) is 0 Å². The minimum absolute atomic E-state index is 0.220.